The molecule has 5 nitrogen and oxygen atoms in total. The van der Waals surface area contributed by atoms with Crippen LogP contribution in [0.1, 0.15) is 31.5 Å². The third-order valence-electron chi connectivity index (χ3n) is 3.32. The van der Waals surface area contributed by atoms with Gasteiger partial charge >= 0.3 is 0 Å². The maximum atomic E-state index is 12.3. The van der Waals surface area contributed by atoms with Gasteiger partial charge in [0.1, 0.15) is 0 Å². The number of nitrogens with one attached hydrogen (secondary N) is 1. The molecular weight excluding hydrogens is 286 g/mol. The topological polar surface area (TPSA) is 64.0 Å². The number of benzene rings is 1. The minimum Gasteiger partial charge on any atom is -0.269 e. The molecule has 1 heterocycles. The van der Waals surface area contributed by atoms with E-state index < -0.39 is 10.0 Å². The number of hydrogen-bond donors (Lipinski definition) is 1. The minimum atomic E-state index is -3.48. The summed E-state index contributed by atoms with van der Waals surface area (Å²) in [5, 5.41) is 4.12. The van der Waals surface area contributed by atoms with Gasteiger partial charge < -0.3 is 0 Å². The molecule has 2 aromatic rings. The average Bonchev–Trinajstić information content (AvgIpc) is 2.94. The Hall–Kier alpha value is -1.66. The maximum Gasteiger partial charge on any atom is 0.240 e. The SMILES string of the molecule is CCCc1ccc(S(=O)(=O)NCc2ccnn2CC)cc1. The van der Waals surface area contributed by atoms with Gasteiger partial charge in [0, 0.05) is 12.7 Å². The fraction of sp³-hybridized carbons (Fsp3) is 0.400. The molecule has 0 aliphatic carbocycles. The van der Waals surface area contributed by atoms with E-state index >= 15 is 0 Å². The van der Waals surface area contributed by atoms with Crippen molar-refractivity contribution in [3.05, 3.63) is 47.8 Å². The molecule has 0 saturated heterocycles. The van der Waals surface area contributed by atoms with Crippen molar-refractivity contribution >= 4 is 10.0 Å². The van der Waals surface area contributed by atoms with Gasteiger partial charge in [0.2, 0.25) is 10.0 Å². The fourth-order valence-electron chi connectivity index (χ4n) is 2.17. The molecular formula is C15H21N3O2S. The van der Waals surface area contributed by atoms with Crippen LogP contribution in [0.15, 0.2) is 41.4 Å². The molecule has 0 unspecified atom stereocenters. The van der Waals surface area contributed by atoms with Gasteiger partial charge in [-0.05, 0) is 37.1 Å². The van der Waals surface area contributed by atoms with Crippen LogP contribution in [0.4, 0.5) is 0 Å². The normalized spacial score (nSPS) is 11.7. The monoisotopic (exact) mass is 307 g/mol. The van der Waals surface area contributed by atoms with Crippen molar-refractivity contribution in [1.82, 2.24) is 14.5 Å². The van der Waals surface area contributed by atoms with Crippen molar-refractivity contribution in [3.63, 3.8) is 0 Å². The van der Waals surface area contributed by atoms with Gasteiger partial charge in [-0.1, -0.05) is 25.5 Å². The Labute approximate surface area is 126 Å². The molecule has 21 heavy (non-hydrogen) atoms. The summed E-state index contributed by atoms with van der Waals surface area (Å²) in [6, 6.07) is 8.87. The molecule has 0 aliphatic rings. The Morgan fingerprint density at radius 1 is 1.14 bits per heavy atom. The quantitative estimate of drug-likeness (QED) is 0.854. The van der Waals surface area contributed by atoms with Crippen molar-refractivity contribution in [2.45, 2.75) is 44.7 Å². The van der Waals surface area contributed by atoms with E-state index in [-0.39, 0.29) is 6.54 Å². The summed E-state index contributed by atoms with van der Waals surface area (Å²) in [6.07, 6.45) is 3.68. The van der Waals surface area contributed by atoms with E-state index in [0.717, 1.165) is 30.6 Å². The first kappa shape index (κ1) is 15.7. The first-order valence-corrected chi connectivity index (χ1v) is 8.64. The van der Waals surface area contributed by atoms with E-state index in [1.165, 1.54) is 0 Å². The lowest BCUT2D eigenvalue weighted by molar-refractivity contribution is 0.570. The van der Waals surface area contributed by atoms with Gasteiger partial charge in [-0.15, -0.1) is 0 Å². The Morgan fingerprint density at radius 3 is 2.48 bits per heavy atom. The van der Waals surface area contributed by atoms with Crippen LogP contribution < -0.4 is 4.72 Å². The second kappa shape index (κ2) is 6.87. The summed E-state index contributed by atoms with van der Waals surface area (Å²) in [6.45, 7) is 5.03. The first-order valence-electron chi connectivity index (χ1n) is 7.16. The van der Waals surface area contributed by atoms with Crippen molar-refractivity contribution in [3.8, 4) is 0 Å². The van der Waals surface area contributed by atoms with E-state index in [1.54, 1.807) is 23.0 Å². The van der Waals surface area contributed by atoms with Crippen molar-refractivity contribution in [2.24, 2.45) is 0 Å². The van der Waals surface area contributed by atoms with E-state index in [0.29, 0.717) is 4.90 Å². The van der Waals surface area contributed by atoms with Crippen LogP contribution in [-0.4, -0.2) is 18.2 Å². The highest BCUT2D eigenvalue weighted by Gasteiger charge is 2.14. The predicted octanol–water partition coefficient (Wildman–Crippen LogP) is 2.33. The summed E-state index contributed by atoms with van der Waals surface area (Å²) in [5.74, 6) is 0. The van der Waals surface area contributed by atoms with Crippen molar-refractivity contribution in [2.75, 3.05) is 0 Å². The standard InChI is InChI=1S/C15H21N3O2S/c1-3-5-13-6-8-15(9-7-13)21(19,20)17-12-14-10-11-16-18(14)4-2/h6-11,17H,3-5,12H2,1-2H3. The van der Waals surface area contributed by atoms with E-state index in [1.807, 2.05) is 25.1 Å². The van der Waals surface area contributed by atoms with Gasteiger partial charge in [-0.25, -0.2) is 13.1 Å². The van der Waals surface area contributed by atoms with E-state index in [9.17, 15) is 8.42 Å². The molecule has 0 bridgehead atoms. The van der Waals surface area contributed by atoms with Gasteiger partial charge in [0.05, 0.1) is 17.1 Å². The Balaban J connectivity index is 2.07. The van der Waals surface area contributed by atoms with Crippen LogP contribution in [0, 0.1) is 0 Å². The zero-order valence-corrected chi connectivity index (χ0v) is 13.2. The van der Waals surface area contributed by atoms with Crippen LogP contribution in [-0.2, 0) is 29.5 Å². The summed E-state index contributed by atoms with van der Waals surface area (Å²) in [5.41, 5.74) is 2.00. The van der Waals surface area contributed by atoms with Crippen molar-refractivity contribution in [1.29, 1.82) is 0 Å². The van der Waals surface area contributed by atoms with Crippen molar-refractivity contribution < 1.29 is 8.42 Å². The average molecular weight is 307 g/mol. The molecule has 0 saturated carbocycles. The smallest absolute Gasteiger partial charge is 0.240 e. The third-order valence-corrected chi connectivity index (χ3v) is 4.74. The van der Waals surface area contributed by atoms with Gasteiger partial charge in [0.25, 0.3) is 0 Å². The number of aromatic nitrogens is 2. The van der Waals surface area contributed by atoms with Gasteiger partial charge in [0.15, 0.2) is 0 Å². The Kier molecular flexibility index (Phi) is 5.14. The molecule has 0 amide bonds. The second-order valence-electron chi connectivity index (χ2n) is 4.86. The molecule has 1 aromatic heterocycles. The maximum absolute atomic E-state index is 12.3. The lowest BCUT2D eigenvalue weighted by atomic mass is 10.1. The first-order chi connectivity index (χ1) is 10.1. The van der Waals surface area contributed by atoms with Gasteiger partial charge in [-0.3, -0.25) is 4.68 Å². The highest BCUT2D eigenvalue weighted by Crippen LogP contribution is 2.12. The largest absolute Gasteiger partial charge is 0.269 e. The summed E-state index contributed by atoms with van der Waals surface area (Å²) in [7, 11) is -3.48. The summed E-state index contributed by atoms with van der Waals surface area (Å²) in [4.78, 5) is 0.296. The zero-order chi connectivity index (χ0) is 15.3. The number of aryl methyl sites for hydroxylation is 2. The highest BCUT2D eigenvalue weighted by atomic mass is 32.2. The predicted molar refractivity (Wildman–Crippen MR) is 82.4 cm³/mol. The molecule has 0 fully saturated rings. The molecule has 0 atom stereocenters. The van der Waals surface area contributed by atoms with Crippen LogP contribution in [0.3, 0.4) is 0 Å². The number of rotatable bonds is 7. The molecule has 6 heteroatoms. The molecule has 0 aliphatic heterocycles. The van der Waals surface area contributed by atoms with Crippen LogP contribution in [0.2, 0.25) is 0 Å². The highest BCUT2D eigenvalue weighted by molar-refractivity contribution is 7.89. The number of nitrogens with zero attached hydrogens (tertiary/aromatic N) is 2. The number of sulfonamides is 1. The van der Waals surface area contributed by atoms with Crippen LogP contribution >= 0.6 is 0 Å². The van der Waals surface area contributed by atoms with Crippen LogP contribution in [0.5, 0.6) is 0 Å². The summed E-state index contributed by atoms with van der Waals surface area (Å²) >= 11 is 0. The molecule has 2 rings (SSSR count). The third kappa shape index (κ3) is 3.92. The lowest BCUT2D eigenvalue weighted by Gasteiger charge is -2.09. The van der Waals surface area contributed by atoms with E-state index in [4.69, 9.17) is 0 Å². The fourth-order valence-corrected chi connectivity index (χ4v) is 3.17. The molecule has 1 aromatic carbocycles. The zero-order valence-electron chi connectivity index (χ0n) is 12.4. The molecule has 0 radical (unpaired) electrons. The molecule has 114 valence electrons. The Bertz CT molecular complexity index is 675. The lowest BCUT2D eigenvalue weighted by Crippen LogP contribution is -2.24. The van der Waals surface area contributed by atoms with E-state index in [2.05, 4.69) is 16.7 Å². The van der Waals surface area contributed by atoms with Gasteiger partial charge in [-0.2, -0.15) is 5.10 Å². The summed E-state index contributed by atoms with van der Waals surface area (Å²) < 4.78 is 28.9. The minimum absolute atomic E-state index is 0.243. The molecule has 0 spiro atoms. The molecule has 1 N–H and O–H groups in total. The second-order valence-corrected chi connectivity index (χ2v) is 6.62. The van der Waals surface area contributed by atoms with Crippen LogP contribution in [0.25, 0.3) is 0 Å². The Morgan fingerprint density at radius 2 is 1.86 bits per heavy atom. The number of hydrogen-bond acceptors (Lipinski definition) is 3.